The maximum Gasteiger partial charge on any atom is 0.262 e. The molecule has 0 bridgehead atoms. The molecule has 6 aliphatic rings. The molecule has 2 aromatic carbocycles. The summed E-state index contributed by atoms with van der Waals surface area (Å²) in [6.07, 6.45) is 1.92. The van der Waals surface area contributed by atoms with Crippen molar-refractivity contribution in [3.63, 3.8) is 0 Å². The number of carbonyl (C=O) groups is 5. The van der Waals surface area contributed by atoms with Crippen molar-refractivity contribution in [1.82, 2.24) is 25.0 Å². The Morgan fingerprint density at radius 1 is 0.864 bits per heavy atom. The van der Waals surface area contributed by atoms with Crippen LogP contribution in [-0.2, 0) is 16.1 Å². The standard InChI is InChI=1S/C45H44ClN7O6/c1-44(2)42(45(3,4)43(44)59-30-10-6-26(21-47)34(46)20-30)52-24-35-32(39(52)56)11-8-27(48-35)7-5-25-22-51(23-25)28-15-17-50(18-16-28)29-9-12-31-33(19-29)41(58)53(40(31)57)36-13-14-37(54)49-38(36)55/h6,8-12,19-20,25,28,36,42-43H,13-18,22-24H2,1-4H3,(H,49,54,55)/t36?,42-,43-. The smallest absolute Gasteiger partial charge is 0.262 e. The zero-order chi connectivity index (χ0) is 41.5. The van der Waals surface area contributed by atoms with Crippen LogP contribution in [0.1, 0.15) is 101 Å². The molecule has 5 amide bonds. The Kier molecular flexibility index (Phi) is 9.33. The van der Waals surface area contributed by atoms with Crippen molar-refractivity contribution < 1.29 is 28.7 Å². The molecule has 6 heterocycles. The van der Waals surface area contributed by atoms with Gasteiger partial charge in [0.1, 0.15) is 29.7 Å². The zero-order valence-corrected chi connectivity index (χ0v) is 34.1. The van der Waals surface area contributed by atoms with Gasteiger partial charge in [-0.25, -0.2) is 4.98 Å². The highest BCUT2D eigenvalue weighted by molar-refractivity contribution is 6.31. The lowest BCUT2D eigenvalue weighted by Crippen LogP contribution is -2.74. The Morgan fingerprint density at radius 2 is 1.58 bits per heavy atom. The van der Waals surface area contributed by atoms with Crippen LogP contribution in [-0.4, -0.2) is 99.6 Å². The molecule has 0 spiro atoms. The number of nitriles is 1. The summed E-state index contributed by atoms with van der Waals surface area (Å²) >= 11 is 6.28. The van der Waals surface area contributed by atoms with Gasteiger partial charge in [-0.1, -0.05) is 45.2 Å². The maximum atomic E-state index is 13.8. The predicted octanol–water partition coefficient (Wildman–Crippen LogP) is 4.80. The second-order valence-corrected chi connectivity index (χ2v) is 18.1. The van der Waals surface area contributed by atoms with Crippen molar-refractivity contribution in [2.45, 2.75) is 84.2 Å². The number of nitrogens with one attached hydrogen (secondary N) is 1. The lowest BCUT2D eigenvalue weighted by Gasteiger charge is -2.65. The molecule has 1 aliphatic carbocycles. The monoisotopic (exact) mass is 813 g/mol. The molecule has 1 aromatic heterocycles. The van der Waals surface area contributed by atoms with Crippen LogP contribution in [0.4, 0.5) is 5.69 Å². The number of ether oxygens (including phenoxy) is 1. The molecule has 1 N–H and O–H groups in total. The fraction of sp³-hybridized carbons (Fsp3) is 0.444. The largest absolute Gasteiger partial charge is 0.489 e. The Bertz CT molecular complexity index is 2440. The number of nitrogens with zero attached hydrogens (tertiary/aromatic N) is 6. The summed E-state index contributed by atoms with van der Waals surface area (Å²) in [4.78, 5) is 76.8. The van der Waals surface area contributed by atoms with Crippen molar-refractivity contribution in [1.29, 1.82) is 5.26 Å². The molecule has 13 nitrogen and oxygen atoms in total. The van der Waals surface area contributed by atoms with Crippen molar-refractivity contribution in [3.05, 3.63) is 87.2 Å². The second kappa shape index (κ2) is 14.2. The number of amides is 5. The van der Waals surface area contributed by atoms with E-state index in [1.165, 1.54) is 0 Å². The molecular formula is C45H44ClN7O6. The number of hydrogen-bond donors (Lipinski definition) is 1. The summed E-state index contributed by atoms with van der Waals surface area (Å²) in [6, 6.07) is 15.5. The van der Waals surface area contributed by atoms with Crippen LogP contribution in [0.15, 0.2) is 48.5 Å². The van der Waals surface area contributed by atoms with Gasteiger partial charge in [-0.2, -0.15) is 5.26 Å². The van der Waals surface area contributed by atoms with E-state index in [2.05, 4.69) is 60.7 Å². The molecule has 4 fully saturated rings. The van der Waals surface area contributed by atoms with Gasteiger partial charge in [-0.05, 0) is 67.6 Å². The summed E-state index contributed by atoms with van der Waals surface area (Å²) in [6.45, 7) is 12.3. The Labute approximate surface area is 347 Å². The number of carbonyl (C=O) groups excluding carboxylic acids is 5. The number of rotatable bonds is 6. The third kappa shape index (κ3) is 6.43. The number of likely N-dealkylation sites (tertiary alicyclic amines) is 1. The Hall–Kier alpha value is -5.76. The van der Waals surface area contributed by atoms with Crippen LogP contribution in [0.2, 0.25) is 5.02 Å². The van der Waals surface area contributed by atoms with E-state index in [1.54, 1.807) is 30.3 Å². The van der Waals surface area contributed by atoms with E-state index < -0.39 is 29.7 Å². The summed E-state index contributed by atoms with van der Waals surface area (Å²) in [5.74, 6) is 5.48. The molecule has 1 saturated carbocycles. The first-order valence-electron chi connectivity index (χ1n) is 20.2. The van der Waals surface area contributed by atoms with Gasteiger partial charge in [-0.15, -0.1) is 0 Å². The summed E-state index contributed by atoms with van der Waals surface area (Å²) in [5.41, 5.74) is 3.11. The topological polar surface area (TPSA) is 156 Å². The Balaban J connectivity index is 0.776. The highest BCUT2D eigenvalue weighted by atomic mass is 35.5. The summed E-state index contributed by atoms with van der Waals surface area (Å²) < 4.78 is 6.46. The van der Waals surface area contributed by atoms with Crippen LogP contribution >= 0.6 is 11.6 Å². The van der Waals surface area contributed by atoms with Gasteiger partial charge in [0.2, 0.25) is 11.8 Å². The average Bonchev–Trinajstić information content (AvgIpc) is 3.63. The minimum absolute atomic E-state index is 0.0325. The lowest BCUT2D eigenvalue weighted by atomic mass is 9.49. The molecule has 5 aliphatic heterocycles. The van der Waals surface area contributed by atoms with Gasteiger partial charge in [0.05, 0.1) is 39.5 Å². The molecule has 1 atom stereocenters. The number of anilines is 1. The molecule has 14 heteroatoms. The second-order valence-electron chi connectivity index (χ2n) is 17.7. The Morgan fingerprint density at radius 3 is 2.27 bits per heavy atom. The highest BCUT2D eigenvalue weighted by Gasteiger charge is 2.67. The van der Waals surface area contributed by atoms with Gasteiger partial charge < -0.3 is 14.5 Å². The fourth-order valence-corrected chi connectivity index (χ4v) is 10.9. The molecule has 302 valence electrons. The van der Waals surface area contributed by atoms with E-state index in [0.717, 1.165) is 55.3 Å². The van der Waals surface area contributed by atoms with E-state index in [9.17, 15) is 29.2 Å². The molecule has 3 aromatic rings. The van der Waals surface area contributed by atoms with E-state index in [1.807, 2.05) is 23.1 Å². The van der Waals surface area contributed by atoms with Gasteiger partial charge in [0.15, 0.2) is 0 Å². The number of imide groups is 2. The van der Waals surface area contributed by atoms with E-state index in [0.29, 0.717) is 45.7 Å². The minimum atomic E-state index is -0.983. The maximum absolute atomic E-state index is 13.8. The molecule has 1 unspecified atom stereocenters. The van der Waals surface area contributed by atoms with Crippen molar-refractivity contribution in [3.8, 4) is 23.7 Å². The normalized spacial score (nSPS) is 25.1. The number of piperidine rings is 2. The molecule has 9 rings (SSSR count). The third-order valence-corrected chi connectivity index (χ3v) is 13.6. The SMILES string of the molecule is CC1(C)[C@H](Oc2ccc(C#N)c(Cl)c2)C(C)(C)[C@H]1N1Cc2nc(C#CC3CN(C4CCN(c5ccc6c(c5)C(=O)N(C5CCC(=O)NC5=O)C6=O)CC4)C3)ccc2C1=O. The first kappa shape index (κ1) is 38.7. The van der Waals surface area contributed by atoms with E-state index >= 15 is 0 Å². The summed E-state index contributed by atoms with van der Waals surface area (Å²) in [7, 11) is 0. The van der Waals surface area contributed by atoms with E-state index in [-0.39, 0.29) is 53.2 Å². The first-order chi connectivity index (χ1) is 28.1. The number of hydrogen-bond acceptors (Lipinski definition) is 10. The number of pyridine rings is 1. The zero-order valence-electron chi connectivity index (χ0n) is 33.4. The molecule has 59 heavy (non-hydrogen) atoms. The number of halogens is 1. The quantitative estimate of drug-likeness (QED) is 0.271. The third-order valence-electron chi connectivity index (χ3n) is 13.3. The van der Waals surface area contributed by atoms with E-state index in [4.69, 9.17) is 21.3 Å². The van der Waals surface area contributed by atoms with Gasteiger partial charge >= 0.3 is 0 Å². The van der Waals surface area contributed by atoms with Gasteiger partial charge in [-0.3, -0.25) is 39.1 Å². The molecule has 3 saturated heterocycles. The number of benzene rings is 2. The van der Waals surface area contributed by atoms with Crippen LogP contribution < -0.4 is 15.0 Å². The van der Waals surface area contributed by atoms with Crippen molar-refractivity contribution >= 4 is 46.8 Å². The lowest BCUT2D eigenvalue weighted by molar-refractivity contribution is -0.199. The van der Waals surface area contributed by atoms with Crippen LogP contribution in [0.5, 0.6) is 5.75 Å². The molecule has 0 radical (unpaired) electrons. The summed E-state index contributed by atoms with van der Waals surface area (Å²) in [5, 5.41) is 11.8. The fourth-order valence-electron chi connectivity index (χ4n) is 10.7. The first-order valence-corrected chi connectivity index (χ1v) is 20.6. The highest BCUT2D eigenvalue weighted by Crippen LogP contribution is 2.59. The van der Waals surface area contributed by atoms with Crippen LogP contribution in [0.25, 0.3) is 0 Å². The average molecular weight is 814 g/mol. The van der Waals surface area contributed by atoms with Gasteiger partial charge in [0.25, 0.3) is 17.7 Å². The van der Waals surface area contributed by atoms with Crippen LogP contribution in [0.3, 0.4) is 0 Å². The van der Waals surface area contributed by atoms with Crippen molar-refractivity contribution in [2.75, 3.05) is 31.1 Å². The van der Waals surface area contributed by atoms with Crippen molar-refractivity contribution in [2.24, 2.45) is 16.7 Å². The number of aromatic nitrogens is 1. The van der Waals surface area contributed by atoms with Crippen LogP contribution in [0, 0.1) is 39.9 Å². The minimum Gasteiger partial charge on any atom is -0.489 e. The molecular weight excluding hydrogens is 770 g/mol. The van der Waals surface area contributed by atoms with Gasteiger partial charge in [0, 0.05) is 73.2 Å². The number of fused-ring (bicyclic) bond motifs is 2. The predicted molar refractivity (Wildman–Crippen MR) is 216 cm³/mol.